The highest BCUT2D eigenvalue weighted by Crippen LogP contribution is 2.11. The van der Waals surface area contributed by atoms with Gasteiger partial charge >= 0.3 is 0 Å². The van der Waals surface area contributed by atoms with E-state index in [9.17, 15) is 0 Å². The molecule has 11 heavy (non-hydrogen) atoms. The summed E-state index contributed by atoms with van der Waals surface area (Å²) >= 11 is 0. The van der Waals surface area contributed by atoms with Crippen LogP contribution in [0.25, 0.3) is 0 Å². The lowest BCUT2D eigenvalue weighted by Gasteiger charge is -2.12. The Kier molecular flexibility index (Phi) is 4.88. The molecule has 0 aromatic rings. The van der Waals surface area contributed by atoms with E-state index >= 15 is 0 Å². The molecule has 0 aliphatic carbocycles. The molecule has 0 bridgehead atoms. The van der Waals surface area contributed by atoms with Crippen LogP contribution in [-0.2, 0) is 0 Å². The molecular weight excluding hydrogens is 136 g/mol. The van der Waals surface area contributed by atoms with Crippen molar-refractivity contribution in [1.29, 1.82) is 0 Å². The molecule has 64 valence electrons. The first kappa shape index (κ1) is 10.4. The van der Waals surface area contributed by atoms with Gasteiger partial charge in [-0.05, 0) is 12.8 Å². The van der Waals surface area contributed by atoms with Crippen molar-refractivity contribution < 1.29 is 5.11 Å². The lowest BCUT2D eigenvalue weighted by molar-refractivity contribution is 0.221. The van der Waals surface area contributed by atoms with Gasteiger partial charge in [0, 0.05) is 12.5 Å². The van der Waals surface area contributed by atoms with Crippen molar-refractivity contribution in [2.24, 2.45) is 11.8 Å². The van der Waals surface area contributed by atoms with E-state index in [0.717, 1.165) is 5.57 Å². The van der Waals surface area contributed by atoms with E-state index in [4.69, 9.17) is 5.11 Å². The summed E-state index contributed by atoms with van der Waals surface area (Å²) in [6.07, 6.45) is 3.98. The van der Waals surface area contributed by atoms with Gasteiger partial charge in [0.05, 0.1) is 0 Å². The van der Waals surface area contributed by atoms with E-state index in [1.807, 2.05) is 19.1 Å². The van der Waals surface area contributed by atoms with Gasteiger partial charge in [0.2, 0.25) is 0 Å². The predicted molar refractivity (Wildman–Crippen MR) is 49.4 cm³/mol. The van der Waals surface area contributed by atoms with Crippen LogP contribution in [0, 0.1) is 11.8 Å². The summed E-state index contributed by atoms with van der Waals surface area (Å²) in [4.78, 5) is 0. The zero-order valence-electron chi connectivity index (χ0n) is 7.67. The van der Waals surface area contributed by atoms with Crippen molar-refractivity contribution in [3.63, 3.8) is 0 Å². The number of aliphatic hydroxyl groups excluding tert-OH is 1. The Balaban J connectivity index is 3.97. The van der Waals surface area contributed by atoms with E-state index in [-0.39, 0.29) is 12.5 Å². The molecule has 0 aliphatic rings. The standard InChI is InChI=1S/C10H18O/c1-8(2)5-6-10(7-11)9(3)4/h5-6,9-11H,1,7H2,2-4H3. The van der Waals surface area contributed by atoms with Crippen LogP contribution in [0.4, 0.5) is 0 Å². The van der Waals surface area contributed by atoms with Gasteiger partial charge in [0.15, 0.2) is 0 Å². The molecule has 0 saturated carbocycles. The largest absolute Gasteiger partial charge is 0.396 e. The van der Waals surface area contributed by atoms with Crippen molar-refractivity contribution in [3.05, 3.63) is 24.3 Å². The van der Waals surface area contributed by atoms with E-state index in [0.29, 0.717) is 5.92 Å². The summed E-state index contributed by atoms with van der Waals surface area (Å²) in [7, 11) is 0. The first-order chi connectivity index (χ1) is 5.07. The fourth-order valence-electron chi connectivity index (χ4n) is 0.782. The molecule has 1 unspecified atom stereocenters. The van der Waals surface area contributed by atoms with Gasteiger partial charge in [-0.15, -0.1) is 0 Å². The maximum Gasteiger partial charge on any atom is 0.0496 e. The molecular formula is C10H18O. The molecule has 0 spiro atoms. The van der Waals surface area contributed by atoms with E-state index < -0.39 is 0 Å². The van der Waals surface area contributed by atoms with E-state index in [2.05, 4.69) is 20.4 Å². The van der Waals surface area contributed by atoms with Crippen molar-refractivity contribution in [3.8, 4) is 0 Å². The number of rotatable bonds is 4. The van der Waals surface area contributed by atoms with Gasteiger partial charge in [0.25, 0.3) is 0 Å². The van der Waals surface area contributed by atoms with Crippen LogP contribution in [0.2, 0.25) is 0 Å². The molecule has 0 radical (unpaired) electrons. The molecule has 0 aromatic carbocycles. The normalized spacial score (nSPS) is 14.3. The summed E-state index contributed by atoms with van der Waals surface area (Å²) < 4.78 is 0. The van der Waals surface area contributed by atoms with E-state index in [1.54, 1.807) is 0 Å². The van der Waals surface area contributed by atoms with Crippen LogP contribution in [0.3, 0.4) is 0 Å². The first-order valence-electron chi connectivity index (χ1n) is 4.02. The van der Waals surface area contributed by atoms with Crippen molar-refractivity contribution in [2.45, 2.75) is 20.8 Å². The second-order valence-electron chi connectivity index (χ2n) is 3.30. The third kappa shape index (κ3) is 4.79. The maximum absolute atomic E-state index is 8.93. The lowest BCUT2D eigenvalue weighted by atomic mass is 9.96. The van der Waals surface area contributed by atoms with Crippen LogP contribution in [0.5, 0.6) is 0 Å². The lowest BCUT2D eigenvalue weighted by Crippen LogP contribution is -2.09. The van der Waals surface area contributed by atoms with Crippen LogP contribution in [-0.4, -0.2) is 11.7 Å². The van der Waals surface area contributed by atoms with Crippen LogP contribution in [0.15, 0.2) is 24.3 Å². The molecule has 0 amide bonds. The minimum atomic E-state index is 0.224. The third-order valence-electron chi connectivity index (χ3n) is 1.70. The molecule has 1 heteroatoms. The molecule has 0 saturated heterocycles. The Morgan fingerprint density at radius 1 is 1.55 bits per heavy atom. The topological polar surface area (TPSA) is 20.2 Å². The fourth-order valence-corrected chi connectivity index (χ4v) is 0.782. The third-order valence-corrected chi connectivity index (χ3v) is 1.70. The Bertz CT molecular complexity index is 145. The predicted octanol–water partition coefficient (Wildman–Crippen LogP) is 2.38. The number of hydrogen-bond acceptors (Lipinski definition) is 1. The van der Waals surface area contributed by atoms with Gasteiger partial charge in [0.1, 0.15) is 0 Å². The van der Waals surface area contributed by atoms with Crippen molar-refractivity contribution >= 4 is 0 Å². The number of aliphatic hydroxyl groups is 1. The Morgan fingerprint density at radius 2 is 2.09 bits per heavy atom. The second kappa shape index (κ2) is 5.14. The van der Waals surface area contributed by atoms with Gasteiger partial charge < -0.3 is 5.11 Å². The Hall–Kier alpha value is -0.560. The maximum atomic E-state index is 8.93. The number of hydrogen-bond donors (Lipinski definition) is 1. The van der Waals surface area contributed by atoms with E-state index in [1.165, 1.54) is 0 Å². The molecule has 0 fully saturated rings. The van der Waals surface area contributed by atoms with Crippen LogP contribution in [0.1, 0.15) is 20.8 Å². The highest BCUT2D eigenvalue weighted by atomic mass is 16.3. The average Bonchev–Trinajstić information content (AvgIpc) is 1.87. The molecule has 0 aliphatic heterocycles. The molecule has 0 aromatic heterocycles. The highest BCUT2D eigenvalue weighted by molar-refractivity contribution is 5.12. The second-order valence-corrected chi connectivity index (χ2v) is 3.30. The molecule has 0 rings (SSSR count). The summed E-state index contributed by atoms with van der Waals surface area (Å²) in [5.41, 5.74) is 1.03. The molecule has 1 N–H and O–H groups in total. The van der Waals surface area contributed by atoms with Crippen molar-refractivity contribution in [2.75, 3.05) is 6.61 Å². The zero-order valence-corrected chi connectivity index (χ0v) is 7.67. The Labute approximate surface area is 69.4 Å². The van der Waals surface area contributed by atoms with Crippen LogP contribution < -0.4 is 0 Å². The molecule has 1 nitrogen and oxygen atoms in total. The molecule has 1 atom stereocenters. The van der Waals surface area contributed by atoms with Gasteiger partial charge in [-0.2, -0.15) is 0 Å². The van der Waals surface area contributed by atoms with Gasteiger partial charge in [-0.25, -0.2) is 0 Å². The zero-order chi connectivity index (χ0) is 8.85. The monoisotopic (exact) mass is 154 g/mol. The summed E-state index contributed by atoms with van der Waals surface area (Å²) in [5.74, 6) is 0.766. The smallest absolute Gasteiger partial charge is 0.0496 e. The highest BCUT2D eigenvalue weighted by Gasteiger charge is 2.06. The fraction of sp³-hybridized carbons (Fsp3) is 0.600. The molecule has 0 heterocycles. The summed E-state index contributed by atoms with van der Waals surface area (Å²) in [5, 5.41) is 8.93. The summed E-state index contributed by atoms with van der Waals surface area (Å²) in [6.45, 7) is 10.1. The minimum Gasteiger partial charge on any atom is -0.396 e. The average molecular weight is 154 g/mol. The quantitative estimate of drug-likeness (QED) is 0.616. The van der Waals surface area contributed by atoms with Crippen molar-refractivity contribution in [1.82, 2.24) is 0 Å². The van der Waals surface area contributed by atoms with Crippen LogP contribution >= 0.6 is 0 Å². The first-order valence-corrected chi connectivity index (χ1v) is 4.02. The summed E-state index contributed by atoms with van der Waals surface area (Å²) in [6, 6.07) is 0. The van der Waals surface area contributed by atoms with Gasteiger partial charge in [-0.1, -0.05) is 38.2 Å². The minimum absolute atomic E-state index is 0.224. The Morgan fingerprint density at radius 3 is 2.36 bits per heavy atom. The van der Waals surface area contributed by atoms with Gasteiger partial charge in [-0.3, -0.25) is 0 Å². The number of allylic oxidation sites excluding steroid dienone is 2. The SMILES string of the molecule is C=C(C)C=CC(CO)C(C)C.